The Morgan fingerprint density at radius 1 is 1.25 bits per heavy atom. The van der Waals surface area contributed by atoms with Crippen LogP contribution in [0.15, 0.2) is 24.3 Å². The Hall–Kier alpha value is -0.970. The van der Waals surface area contributed by atoms with Gasteiger partial charge in [0.2, 0.25) is 0 Å². The fraction of sp³-hybridized carbons (Fsp3) is 0.625. The Labute approximate surface area is 121 Å². The average molecular weight is 280 g/mol. The van der Waals surface area contributed by atoms with Crippen LogP contribution in [0.1, 0.15) is 25.3 Å². The van der Waals surface area contributed by atoms with Gasteiger partial charge in [-0.1, -0.05) is 19.1 Å². The van der Waals surface area contributed by atoms with Crippen LogP contribution in [0, 0.1) is 5.82 Å². The van der Waals surface area contributed by atoms with Crippen LogP contribution in [0.5, 0.6) is 0 Å². The number of benzene rings is 1. The first-order valence-corrected chi connectivity index (χ1v) is 7.54. The molecule has 1 aliphatic heterocycles. The van der Waals surface area contributed by atoms with Gasteiger partial charge < -0.3 is 10.0 Å². The van der Waals surface area contributed by atoms with Crippen molar-refractivity contribution in [2.45, 2.75) is 32.4 Å². The Morgan fingerprint density at radius 2 is 2.00 bits per heavy atom. The summed E-state index contributed by atoms with van der Waals surface area (Å²) in [5.74, 6) is -0.187. The molecule has 20 heavy (non-hydrogen) atoms. The van der Waals surface area contributed by atoms with Crippen LogP contribution in [0.3, 0.4) is 0 Å². The van der Waals surface area contributed by atoms with Gasteiger partial charge in [0, 0.05) is 38.8 Å². The minimum Gasteiger partial charge on any atom is -0.396 e. The molecule has 0 amide bonds. The lowest BCUT2D eigenvalue weighted by Gasteiger charge is -2.41. The highest BCUT2D eigenvalue weighted by atomic mass is 19.1. The summed E-state index contributed by atoms with van der Waals surface area (Å²) < 4.78 is 12.9. The van der Waals surface area contributed by atoms with Gasteiger partial charge in [-0.15, -0.1) is 0 Å². The molecule has 1 saturated heterocycles. The Morgan fingerprint density at radius 3 is 2.65 bits per heavy atom. The second-order valence-corrected chi connectivity index (χ2v) is 5.56. The summed E-state index contributed by atoms with van der Waals surface area (Å²) >= 11 is 0. The number of piperazine rings is 1. The van der Waals surface area contributed by atoms with Crippen LogP contribution in [0.2, 0.25) is 0 Å². The van der Waals surface area contributed by atoms with Crippen molar-refractivity contribution < 1.29 is 9.50 Å². The van der Waals surface area contributed by atoms with Crippen molar-refractivity contribution in [1.29, 1.82) is 0 Å². The zero-order chi connectivity index (χ0) is 14.4. The summed E-state index contributed by atoms with van der Waals surface area (Å²) in [5.41, 5.74) is 1.14. The van der Waals surface area contributed by atoms with Crippen LogP contribution >= 0.6 is 0 Å². The van der Waals surface area contributed by atoms with Gasteiger partial charge in [0.15, 0.2) is 0 Å². The number of rotatable bonds is 6. The lowest BCUT2D eigenvalue weighted by molar-refractivity contribution is 0.0538. The fourth-order valence-corrected chi connectivity index (χ4v) is 2.93. The van der Waals surface area contributed by atoms with Crippen molar-refractivity contribution in [3.63, 3.8) is 0 Å². The number of halogens is 1. The molecule has 0 saturated carbocycles. The van der Waals surface area contributed by atoms with E-state index < -0.39 is 0 Å². The topological polar surface area (TPSA) is 26.7 Å². The quantitative estimate of drug-likeness (QED) is 0.864. The van der Waals surface area contributed by atoms with Crippen LogP contribution in [-0.4, -0.2) is 53.7 Å². The molecule has 0 aliphatic carbocycles. The van der Waals surface area contributed by atoms with E-state index in [0.29, 0.717) is 6.04 Å². The number of hydrogen-bond acceptors (Lipinski definition) is 3. The van der Waals surface area contributed by atoms with E-state index in [1.165, 1.54) is 18.6 Å². The Balaban J connectivity index is 1.96. The molecule has 112 valence electrons. The van der Waals surface area contributed by atoms with Gasteiger partial charge in [-0.05, 0) is 37.1 Å². The van der Waals surface area contributed by atoms with Gasteiger partial charge in [0.1, 0.15) is 5.82 Å². The minimum absolute atomic E-state index is 0.187. The van der Waals surface area contributed by atoms with Gasteiger partial charge in [-0.25, -0.2) is 4.39 Å². The third-order valence-corrected chi connectivity index (χ3v) is 3.99. The van der Waals surface area contributed by atoms with Gasteiger partial charge in [-0.2, -0.15) is 0 Å². The summed E-state index contributed by atoms with van der Waals surface area (Å²) in [5, 5.41) is 9.26. The molecule has 2 rings (SSSR count). The molecule has 0 bridgehead atoms. The second kappa shape index (κ2) is 7.72. The summed E-state index contributed by atoms with van der Waals surface area (Å²) in [6, 6.07) is 7.13. The van der Waals surface area contributed by atoms with Crippen molar-refractivity contribution in [2.24, 2.45) is 0 Å². The first-order chi connectivity index (χ1) is 9.72. The lowest BCUT2D eigenvalue weighted by atomic mass is 10.1. The van der Waals surface area contributed by atoms with Gasteiger partial charge in [0.05, 0.1) is 0 Å². The van der Waals surface area contributed by atoms with E-state index >= 15 is 0 Å². The largest absolute Gasteiger partial charge is 0.396 e. The van der Waals surface area contributed by atoms with E-state index in [-0.39, 0.29) is 12.4 Å². The third kappa shape index (κ3) is 4.27. The minimum atomic E-state index is -0.187. The van der Waals surface area contributed by atoms with Crippen molar-refractivity contribution in [3.05, 3.63) is 35.6 Å². The predicted molar refractivity (Wildman–Crippen MR) is 79.0 cm³/mol. The maximum Gasteiger partial charge on any atom is 0.123 e. The van der Waals surface area contributed by atoms with Crippen LogP contribution in [-0.2, 0) is 6.54 Å². The Kier molecular flexibility index (Phi) is 5.95. The van der Waals surface area contributed by atoms with Crippen molar-refractivity contribution in [3.8, 4) is 0 Å². The zero-order valence-electron chi connectivity index (χ0n) is 12.3. The SMILES string of the molecule is CCCN1CCN(Cc2ccc(F)cc2)C(CCO)C1. The van der Waals surface area contributed by atoms with Gasteiger partial charge >= 0.3 is 0 Å². The van der Waals surface area contributed by atoms with E-state index in [4.69, 9.17) is 0 Å². The highest BCUT2D eigenvalue weighted by Gasteiger charge is 2.25. The normalized spacial score (nSPS) is 21.2. The number of nitrogens with zero attached hydrogens (tertiary/aromatic N) is 2. The zero-order valence-corrected chi connectivity index (χ0v) is 12.3. The molecule has 4 heteroatoms. The molecule has 1 aliphatic rings. The highest BCUT2D eigenvalue weighted by molar-refractivity contribution is 5.16. The third-order valence-electron chi connectivity index (χ3n) is 3.99. The molecule has 1 fully saturated rings. The molecule has 1 heterocycles. The molecule has 1 aromatic rings. The molecule has 1 atom stereocenters. The average Bonchev–Trinajstić information content (AvgIpc) is 2.45. The number of aliphatic hydroxyl groups excluding tert-OH is 1. The fourth-order valence-electron chi connectivity index (χ4n) is 2.93. The highest BCUT2D eigenvalue weighted by Crippen LogP contribution is 2.17. The molecule has 0 spiro atoms. The maximum atomic E-state index is 12.9. The molecular weight excluding hydrogens is 255 g/mol. The van der Waals surface area contributed by atoms with E-state index in [2.05, 4.69) is 16.7 Å². The standard InChI is InChI=1S/C16H25FN2O/c1-2-8-18-9-10-19(16(13-18)7-11-20)12-14-3-5-15(17)6-4-14/h3-6,16,20H,2,7-13H2,1H3. The van der Waals surface area contributed by atoms with Crippen molar-refractivity contribution >= 4 is 0 Å². The molecular formula is C16H25FN2O. The van der Waals surface area contributed by atoms with Crippen LogP contribution in [0.25, 0.3) is 0 Å². The smallest absolute Gasteiger partial charge is 0.123 e. The molecule has 0 radical (unpaired) electrons. The van der Waals surface area contributed by atoms with Gasteiger partial charge in [-0.3, -0.25) is 4.90 Å². The van der Waals surface area contributed by atoms with Crippen LogP contribution in [0.4, 0.5) is 4.39 Å². The van der Waals surface area contributed by atoms with Crippen LogP contribution < -0.4 is 0 Å². The Bertz CT molecular complexity index is 396. The monoisotopic (exact) mass is 280 g/mol. The van der Waals surface area contributed by atoms with E-state index in [0.717, 1.165) is 44.7 Å². The van der Waals surface area contributed by atoms with E-state index in [1.54, 1.807) is 0 Å². The predicted octanol–water partition coefficient (Wildman–Crippen LogP) is 2.10. The van der Waals surface area contributed by atoms with E-state index in [1.807, 2.05) is 12.1 Å². The van der Waals surface area contributed by atoms with Crippen molar-refractivity contribution in [2.75, 3.05) is 32.8 Å². The first-order valence-electron chi connectivity index (χ1n) is 7.54. The second-order valence-electron chi connectivity index (χ2n) is 5.56. The molecule has 1 N–H and O–H groups in total. The molecule has 0 aromatic heterocycles. The summed E-state index contributed by atoms with van der Waals surface area (Å²) in [7, 11) is 0. The number of hydrogen-bond donors (Lipinski definition) is 1. The first kappa shape index (κ1) is 15.4. The van der Waals surface area contributed by atoms with Gasteiger partial charge in [0.25, 0.3) is 0 Å². The molecule has 3 nitrogen and oxygen atoms in total. The lowest BCUT2D eigenvalue weighted by Crippen LogP contribution is -2.53. The summed E-state index contributed by atoms with van der Waals surface area (Å²) in [6.45, 7) is 7.52. The maximum absolute atomic E-state index is 12.9. The van der Waals surface area contributed by atoms with Crippen molar-refractivity contribution in [1.82, 2.24) is 9.80 Å². The number of aliphatic hydroxyl groups is 1. The van der Waals surface area contributed by atoms with E-state index in [9.17, 15) is 9.50 Å². The molecule has 1 aromatic carbocycles. The summed E-state index contributed by atoms with van der Waals surface area (Å²) in [6.07, 6.45) is 1.98. The summed E-state index contributed by atoms with van der Waals surface area (Å²) in [4.78, 5) is 4.89. The molecule has 1 unspecified atom stereocenters.